The first-order valence-corrected chi connectivity index (χ1v) is 8.89. The Kier molecular flexibility index (Phi) is 5.16. The largest absolute Gasteiger partial charge is 0.368 e. The molecule has 0 saturated heterocycles. The number of carbonyl (C=O) groups excluding carboxylic acids is 2. The minimum atomic E-state index is -0.651. The number of benzene rings is 1. The van der Waals surface area contributed by atoms with Gasteiger partial charge in [-0.1, -0.05) is 30.3 Å². The number of amides is 2. The molecule has 3 aromatic heterocycles. The molecule has 0 fully saturated rings. The van der Waals surface area contributed by atoms with Crippen LogP contribution in [-0.4, -0.2) is 36.7 Å². The van der Waals surface area contributed by atoms with Gasteiger partial charge >= 0.3 is 0 Å². The first-order chi connectivity index (χ1) is 14.6. The molecule has 4 aromatic rings. The average molecular weight is 397 g/mol. The molecule has 0 bridgehead atoms. The zero-order chi connectivity index (χ0) is 20.9. The maximum absolute atomic E-state index is 13.2. The summed E-state index contributed by atoms with van der Waals surface area (Å²) in [7, 11) is 0. The molecule has 146 valence electrons. The van der Waals surface area contributed by atoms with E-state index in [0.717, 1.165) is 4.90 Å². The fourth-order valence-electron chi connectivity index (χ4n) is 2.71. The number of rotatable bonds is 4. The molecule has 30 heavy (non-hydrogen) atoms. The number of hydrogen-bond donors (Lipinski definition) is 1. The van der Waals surface area contributed by atoms with Crippen LogP contribution in [0.4, 0.5) is 11.9 Å². The monoisotopic (exact) mass is 397 g/mol. The van der Waals surface area contributed by atoms with Crippen LogP contribution >= 0.6 is 0 Å². The van der Waals surface area contributed by atoms with Crippen molar-refractivity contribution < 1.29 is 9.59 Å². The lowest BCUT2D eigenvalue weighted by Crippen LogP contribution is -2.38. The van der Waals surface area contributed by atoms with E-state index in [0.29, 0.717) is 5.56 Å². The average Bonchev–Trinajstić information content (AvgIpc) is 2.80. The lowest BCUT2D eigenvalue weighted by Gasteiger charge is -2.19. The van der Waals surface area contributed by atoms with Gasteiger partial charge < -0.3 is 5.73 Å². The number of nitrogen functional groups attached to an aromatic ring is 1. The van der Waals surface area contributed by atoms with E-state index >= 15 is 0 Å². The molecule has 0 unspecified atom stereocenters. The van der Waals surface area contributed by atoms with Crippen LogP contribution < -0.4 is 10.6 Å². The summed E-state index contributed by atoms with van der Waals surface area (Å²) in [6, 6.07) is 15.3. The molecule has 9 nitrogen and oxygen atoms in total. The van der Waals surface area contributed by atoms with Crippen LogP contribution in [0.15, 0.2) is 79.4 Å². The number of carbonyl (C=O) groups is 2. The van der Waals surface area contributed by atoms with Crippen LogP contribution in [0.5, 0.6) is 0 Å². The lowest BCUT2D eigenvalue weighted by molar-refractivity contribution is 0.0895. The van der Waals surface area contributed by atoms with Gasteiger partial charge in [0.05, 0.1) is 11.1 Å². The lowest BCUT2D eigenvalue weighted by atomic mass is 10.2. The van der Waals surface area contributed by atoms with E-state index in [2.05, 4.69) is 24.9 Å². The normalized spacial score (nSPS) is 10.4. The van der Waals surface area contributed by atoms with Gasteiger partial charge in [0.2, 0.25) is 11.9 Å². The Morgan fingerprint density at radius 3 is 1.87 bits per heavy atom. The first-order valence-electron chi connectivity index (χ1n) is 8.89. The number of pyridine rings is 2. The highest BCUT2D eigenvalue weighted by molar-refractivity contribution is 6.24. The summed E-state index contributed by atoms with van der Waals surface area (Å²) >= 11 is 0. The van der Waals surface area contributed by atoms with Crippen molar-refractivity contribution in [3.63, 3.8) is 0 Å². The highest BCUT2D eigenvalue weighted by Crippen LogP contribution is 2.21. The van der Waals surface area contributed by atoms with Crippen molar-refractivity contribution in [2.24, 2.45) is 0 Å². The minimum absolute atomic E-state index is 0.123. The maximum atomic E-state index is 13.2. The third kappa shape index (κ3) is 3.85. The summed E-state index contributed by atoms with van der Waals surface area (Å²) < 4.78 is 0. The second-order valence-electron chi connectivity index (χ2n) is 6.11. The second kappa shape index (κ2) is 8.23. The molecule has 0 spiro atoms. The van der Waals surface area contributed by atoms with E-state index in [9.17, 15) is 9.59 Å². The fraction of sp³-hybridized carbons (Fsp3) is 0. The Balaban J connectivity index is 1.85. The van der Waals surface area contributed by atoms with E-state index in [4.69, 9.17) is 5.73 Å². The van der Waals surface area contributed by atoms with Crippen molar-refractivity contribution in [2.45, 2.75) is 0 Å². The van der Waals surface area contributed by atoms with E-state index in [1.165, 1.54) is 24.8 Å². The van der Waals surface area contributed by atoms with Gasteiger partial charge in [-0.3, -0.25) is 19.6 Å². The number of hydrogen-bond acceptors (Lipinski definition) is 8. The molecule has 0 saturated carbocycles. The minimum Gasteiger partial charge on any atom is -0.368 e. The molecule has 2 N–H and O–H groups in total. The Labute approximate surface area is 171 Å². The summed E-state index contributed by atoms with van der Waals surface area (Å²) in [5, 5.41) is 0. The topological polar surface area (TPSA) is 128 Å². The molecule has 9 heteroatoms. The van der Waals surface area contributed by atoms with Crippen molar-refractivity contribution in [1.82, 2.24) is 24.9 Å². The maximum Gasteiger partial charge on any atom is 0.269 e. The van der Waals surface area contributed by atoms with Gasteiger partial charge in [0.25, 0.3) is 11.8 Å². The Bertz CT molecular complexity index is 1130. The van der Waals surface area contributed by atoms with Crippen LogP contribution in [-0.2, 0) is 0 Å². The standard InChI is InChI=1S/C21H15N7O2/c22-20-25-17(14-6-2-1-3-7-14)26-21(27-20)28(18(29)15-8-4-10-23-12-15)19(30)16-9-5-11-24-13-16/h1-13H,(H2,22,25,26,27). The number of nitrogens with zero attached hydrogens (tertiary/aromatic N) is 6. The van der Waals surface area contributed by atoms with Gasteiger partial charge in [-0.2, -0.15) is 15.0 Å². The molecule has 0 atom stereocenters. The molecule has 0 aliphatic rings. The molecular formula is C21H15N7O2. The summed E-state index contributed by atoms with van der Waals surface area (Å²) in [4.78, 5) is 47.7. The predicted octanol–water partition coefficient (Wildman–Crippen LogP) is 2.40. The highest BCUT2D eigenvalue weighted by Gasteiger charge is 2.29. The number of imide groups is 1. The van der Waals surface area contributed by atoms with Crippen LogP contribution in [0.25, 0.3) is 11.4 Å². The van der Waals surface area contributed by atoms with Crippen LogP contribution in [0.1, 0.15) is 20.7 Å². The highest BCUT2D eigenvalue weighted by atomic mass is 16.2. The Morgan fingerprint density at radius 1 is 0.733 bits per heavy atom. The van der Waals surface area contributed by atoms with E-state index in [1.807, 2.05) is 18.2 Å². The van der Waals surface area contributed by atoms with Gasteiger partial charge in [-0.25, -0.2) is 4.90 Å². The smallest absolute Gasteiger partial charge is 0.269 e. The summed E-state index contributed by atoms with van der Waals surface area (Å²) in [6.45, 7) is 0. The van der Waals surface area contributed by atoms with E-state index < -0.39 is 11.8 Å². The molecule has 2 amide bonds. The summed E-state index contributed by atoms with van der Waals surface area (Å²) in [5.74, 6) is -1.38. The third-order valence-electron chi connectivity index (χ3n) is 4.10. The quantitative estimate of drug-likeness (QED) is 0.520. The SMILES string of the molecule is Nc1nc(-c2ccccc2)nc(N(C(=O)c2cccnc2)C(=O)c2cccnc2)n1. The van der Waals surface area contributed by atoms with E-state index in [1.54, 1.807) is 36.4 Å². The molecule has 4 rings (SSSR count). The Morgan fingerprint density at radius 2 is 1.33 bits per heavy atom. The van der Waals surface area contributed by atoms with Gasteiger partial charge in [0.1, 0.15) is 0 Å². The Hall–Kier alpha value is -4.53. The summed E-state index contributed by atoms with van der Waals surface area (Å²) in [5.41, 5.74) is 6.92. The molecule has 1 aromatic carbocycles. The molecule has 0 aliphatic heterocycles. The third-order valence-corrected chi connectivity index (χ3v) is 4.10. The molecule has 3 heterocycles. The van der Waals surface area contributed by atoms with Crippen molar-refractivity contribution in [3.05, 3.63) is 90.5 Å². The zero-order valence-electron chi connectivity index (χ0n) is 15.6. The summed E-state index contributed by atoms with van der Waals surface area (Å²) in [6.07, 6.45) is 5.76. The van der Waals surface area contributed by atoms with Crippen molar-refractivity contribution in [3.8, 4) is 11.4 Å². The number of anilines is 2. The van der Waals surface area contributed by atoms with Crippen molar-refractivity contribution >= 4 is 23.7 Å². The van der Waals surface area contributed by atoms with Crippen LogP contribution in [0.2, 0.25) is 0 Å². The zero-order valence-corrected chi connectivity index (χ0v) is 15.6. The van der Waals surface area contributed by atoms with Gasteiger partial charge in [-0.05, 0) is 24.3 Å². The molecular weight excluding hydrogens is 382 g/mol. The van der Waals surface area contributed by atoms with Crippen LogP contribution in [0.3, 0.4) is 0 Å². The first kappa shape index (κ1) is 18.8. The number of aromatic nitrogens is 5. The molecule has 0 radical (unpaired) electrons. The van der Waals surface area contributed by atoms with Crippen molar-refractivity contribution in [2.75, 3.05) is 10.6 Å². The van der Waals surface area contributed by atoms with Gasteiger partial charge in [-0.15, -0.1) is 0 Å². The van der Waals surface area contributed by atoms with Gasteiger partial charge in [0, 0.05) is 30.4 Å². The molecule has 0 aliphatic carbocycles. The fourth-order valence-corrected chi connectivity index (χ4v) is 2.71. The van der Waals surface area contributed by atoms with Crippen LogP contribution in [0, 0.1) is 0 Å². The van der Waals surface area contributed by atoms with Gasteiger partial charge in [0.15, 0.2) is 5.82 Å². The predicted molar refractivity (Wildman–Crippen MR) is 109 cm³/mol. The van der Waals surface area contributed by atoms with Crippen molar-refractivity contribution in [1.29, 1.82) is 0 Å². The number of nitrogens with two attached hydrogens (primary N) is 1. The van der Waals surface area contributed by atoms with E-state index in [-0.39, 0.29) is 28.8 Å². The second-order valence-corrected chi connectivity index (χ2v) is 6.11.